The van der Waals surface area contributed by atoms with Crippen LogP contribution >= 0.6 is 11.6 Å². The van der Waals surface area contributed by atoms with Gasteiger partial charge >= 0.3 is 0 Å². The Balaban J connectivity index is 1.92. The summed E-state index contributed by atoms with van der Waals surface area (Å²) in [6.07, 6.45) is 8.33. The molecule has 1 aliphatic heterocycles. The Morgan fingerprint density at radius 3 is 2.83 bits per heavy atom. The topological polar surface area (TPSA) is 66.0 Å². The average molecular weight is 329 g/mol. The molecule has 2 N–H and O–H groups in total. The van der Waals surface area contributed by atoms with Gasteiger partial charge in [-0.05, 0) is 43.0 Å². The van der Waals surface area contributed by atoms with Crippen LogP contribution in [0.25, 0.3) is 22.0 Å². The number of hydrogen-bond donors (Lipinski definition) is 1. The second-order valence-corrected chi connectivity index (χ2v) is 6.11. The summed E-state index contributed by atoms with van der Waals surface area (Å²) in [5.74, 6) is 0. The molecule has 2 aromatic heterocycles. The molecule has 1 unspecified atom stereocenters. The number of rotatable bonds is 2. The summed E-state index contributed by atoms with van der Waals surface area (Å²) in [4.78, 5) is 4.05. The lowest BCUT2D eigenvalue weighted by Crippen LogP contribution is -2.19. The second-order valence-electron chi connectivity index (χ2n) is 5.74. The maximum Gasteiger partial charge on any atom is 0.150 e. The zero-order valence-corrected chi connectivity index (χ0v) is 13.3. The van der Waals surface area contributed by atoms with E-state index in [2.05, 4.69) is 10.1 Å². The van der Waals surface area contributed by atoms with Crippen LogP contribution in [0.15, 0.2) is 36.8 Å². The van der Waals surface area contributed by atoms with E-state index in [4.69, 9.17) is 22.1 Å². The molecule has 1 aromatic carbocycles. The predicted molar refractivity (Wildman–Crippen MR) is 91.2 cm³/mol. The predicted octanol–water partition coefficient (Wildman–Crippen LogP) is 4.03. The number of benzene rings is 1. The number of nitrogens with two attached hydrogens (primary N) is 1. The van der Waals surface area contributed by atoms with Crippen molar-refractivity contribution in [2.45, 2.75) is 25.5 Å². The molecule has 0 amide bonds. The van der Waals surface area contributed by atoms with E-state index >= 15 is 0 Å². The summed E-state index contributed by atoms with van der Waals surface area (Å²) in [5, 5.41) is 6.00. The van der Waals surface area contributed by atoms with Crippen molar-refractivity contribution in [3.05, 3.63) is 41.8 Å². The monoisotopic (exact) mass is 328 g/mol. The normalized spacial score (nSPS) is 18.4. The van der Waals surface area contributed by atoms with E-state index in [0.29, 0.717) is 10.7 Å². The Hall–Kier alpha value is -2.11. The van der Waals surface area contributed by atoms with Crippen LogP contribution in [0.3, 0.4) is 0 Å². The van der Waals surface area contributed by atoms with Gasteiger partial charge in [-0.2, -0.15) is 5.10 Å². The maximum absolute atomic E-state index is 6.72. The number of fused-ring (bicyclic) bond motifs is 1. The summed E-state index contributed by atoms with van der Waals surface area (Å²) < 4.78 is 7.73. The summed E-state index contributed by atoms with van der Waals surface area (Å²) in [6.45, 7) is 0.753. The van der Waals surface area contributed by atoms with Crippen molar-refractivity contribution in [3.63, 3.8) is 0 Å². The van der Waals surface area contributed by atoms with Crippen LogP contribution in [0, 0.1) is 0 Å². The molecule has 0 bridgehead atoms. The quantitative estimate of drug-likeness (QED) is 0.721. The van der Waals surface area contributed by atoms with E-state index in [1.54, 1.807) is 18.6 Å². The van der Waals surface area contributed by atoms with Crippen LogP contribution in [0.4, 0.5) is 5.69 Å². The zero-order chi connectivity index (χ0) is 15.8. The standard InChI is InChI=1S/C17H17ClN4O/c18-16-12(11-4-6-20-7-5-11)9-14(19)13-10-21-22(17(13)16)15-3-1-2-8-23-15/h4-7,9-10,15H,1-3,8,19H2. The molecule has 5 nitrogen and oxygen atoms in total. The molecule has 1 atom stereocenters. The molecule has 1 saturated heterocycles. The first-order chi connectivity index (χ1) is 11.3. The Morgan fingerprint density at radius 2 is 2.09 bits per heavy atom. The van der Waals surface area contributed by atoms with Crippen molar-refractivity contribution >= 4 is 28.2 Å². The number of nitrogens with zero attached hydrogens (tertiary/aromatic N) is 3. The molecule has 6 heteroatoms. The van der Waals surface area contributed by atoms with Gasteiger partial charge in [-0.25, -0.2) is 4.68 Å². The highest BCUT2D eigenvalue weighted by molar-refractivity contribution is 6.38. The van der Waals surface area contributed by atoms with Crippen molar-refractivity contribution in [3.8, 4) is 11.1 Å². The molecular formula is C17H17ClN4O. The molecule has 3 aromatic rings. The Kier molecular flexibility index (Phi) is 3.67. The lowest BCUT2D eigenvalue weighted by atomic mass is 10.0. The molecule has 0 saturated carbocycles. The van der Waals surface area contributed by atoms with Gasteiger partial charge in [0.1, 0.15) is 0 Å². The van der Waals surface area contributed by atoms with Crippen LogP contribution in [-0.2, 0) is 4.74 Å². The minimum absolute atomic E-state index is 0.0779. The van der Waals surface area contributed by atoms with Gasteiger partial charge < -0.3 is 10.5 Å². The number of halogens is 1. The third-order valence-electron chi connectivity index (χ3n) is 4.27. The summed E-state index contributed by atoms with van der Waals surface area (Å²) in [7, 11) is 0. The van der Waals surface area contributed by atoms with Crippen LogP contribution < -0.4 is 5.73 Å². The van der Waals surface area contributed by atoms with Crippen molar-refractivity contribution in [1.82, 2.24) is 14.8 Å². The van der Waals surface area contributed by atoms with E-state index in [-0.39, 0.29) is 6.23 Å². The smallest absolute Gasteiger partial charge is 0.150 e. The Morgan fingerprint density at radius 1 is 1.26 bits per heavy atom. The van der Waals surface area contributed by atoms with E-state index in [0.717, 1.165) is 47.9 Å². The molecule has 0 spiro atoms. The molecular weight excluding hydrogens is 312 g/mol. The number of nitrogen functional groups attached to an aromatic ring is 1. The Bertz CT molecular complexity index is 841. The average Bonchev–Trinajstić information content (AvgIpc) is 3.06. The van der Waals surface area contributed by atoms with Gasteiger partial charge in [0, 0.05) is 35.6 Å². The first-order valence-electron chi connectivity index (χ1n) is 7.73. The first kappa shape index (κ1) is 14.5. The van der Waals surface area contributed by atoms with Gasteiger partial charge in [0.25, 0.3) is 0 Å². The van der Waals surface area contributed by atoms with Crippen LogP contribution in [0.1, 0.15) is 25.5 Å². The summed E-state index contributed by atoms with van der Waals surface area (Å²) in [6, 6.07) is 5.74. The molecule has 1 fully saturated rings. The summed E-state index contributed by atoms with van der Waals surface area (Å²) in [5.41, 5.74) is 9.61. The summed E-state index contributed by atoms with van der Waals surface area (Å²) >= 11 is 6.72. The minimum Gasteiger partial charge on any atom is -0.398 e. The van der Waals surface area contributed by atoms with E-state index in [1.165, 1.54) is 0 Å². The first-order valence-corrected chi connectivity index (χ1v) is 8.10. The molecule has 3 heterocycles. The SMILES string of the molecule is Nc1cc(-c2ccncc2)c(Cl)c2c1cnn2C1CCCCO1. The fraction of sp³-hybridized carbons (Fsp3) is 0.294. The van der Waals surface area contributed by atoms with Gasteiger partial charge in [-0.15, -0.1) is 0 Å². The number of ether oxygens (including phenoxy) is 1. The molecule has 0 radical (unpaired) electrons. The number of hydrogen-bond acceptors (Lipinski definition) is 4. The maximum atomic E-state index is 6.72. The number of aromatic nitrogens is 3. The van der Waals surface area contributed by atoms with Crippen LogP contribution in [0.2, 0.25) is 5.02 Å². The number of pyridine rings is 1. The molecule has 23 heavy (non-hydrogen) atoms. The van der Waals surface area contributed by atoms with Gasteiger partial charge in [0.2, 0.25) is 0 Å². The van der Waals surface area contributed by atoms with Crippen molar-refractivity contribution in [2.75, 3.05) is 12.3 Å². The highest BCUT2D eigenvalue weighted by Crippen LogP contribution is 2.39. The molecule has 4 rings (SSSR count). The van der Waals surface area contributed by atoms with E-state index in [9.17, 15) is 0 Å². The minimum atomic E-state index is -0.0779. The fourth-order valence-electron chi connectivity index (χ4n) is 3.09. The second kappa shape index (κ2) is 5.83. The molecule has 118 valence electrons. The Labute approximate surface area is 139 Å². The third-order valence-corrected chi connectivity index (χ3v) is 4.65. The van der Waals surface area contributed by atoms with E-state index < -0.39 is 0 Å². The van der Waals surface area contributed by atoms with Crippen molar-refractivity contribution < 1.29 is 4.74 Å². The highest BCUT2D eigenvalue weighted by Gasteiger charge is 2.22. The molecule has 1 aliphatic rings. The fourth-order valence-corrected chi connectivity index (χ4v) is 3.45. The molecule has 0 aliphatic carbocycles. The van der Waals surface area contributed by atoms with Crippen molar-refractivity contribution in [2.24, 2.45) is 0 Å². The van der Waals surface area contributed by atoms with E-state index in [1.807, 2.05) is 22.9 Å². The van der Waals surface area contributed by atoms with Crippen LogP contribution in [-0.4, -0.2) is 21.4 Å². The van der Waals surface area contributed by atoms with Gasteiger partial charge in [-0.1, -0.05) is 11.6 Å². The van der Waals surface area contributed by atoms with Gasteiger partial charge in [0.05, 0.1) is 16.7 Å². The van der Waals surface area contributed by atoms with Crippen molar-refractivity contribution in [1.29, 1.82) is 0 Å². The van der Waals surface area contributed by atoms with Crippen LogP contribution in [0.5, 0.6) is 0 Å². The van der Waals surface area contributed by atoms with Gasteiger partial charge in [0.15, 0.2) is 6.23 Å². The van der Waals surface area contributed by atoms with Gasteiger partial charge in [-0.3, -0.25) is 4.98 Å². The lowest BCUT2D eigenvalue weighted by Gasteiger charge is -2.24. The highest BCUT2D eigenvalue weighted by atomic mass is 35.5. The number of anilines is 1. The zero-order valence-electron chi connectivity index (χ0n) is 12.6. The third kappa shape index (κ3) is 2.46. The largest absolute Gasteiger partial charge is 0.398 e. The lowest BCUT2D eigenvalue weighted by molar-refractivity contribution is -0.0366.